The Bertz CT molecular complexity index is 430. The molecule has 0 aromatic heterocycles. The van der Waals surface area contributed by atoms with Crippen LogP contribution in [0.4, 0.5) is 17.1 Å². The molecule has 4 heteroatoms. The van der Waals surface area contributed by atoms with Gasteiger partial charge in [0.25, 0.3) is 0 Å². The molecule has 1 unspecified atom stereocenters. The monoisotopic (exact) mass is 203 g/mol. The fourth-order valence-electron chi connectivity index (χ4n) is 2.45. The van der Waals surface area contributed by atoms with Crippen LogP contribution < -0.4 is 16.0 Å². The van der Waals surface area contributed by atoms with Gasteiger partial charge in [0.1, 0.15) is 6.04 Å². The first-order chi connectivity index (χ1) is 7.25. The van der Waals surface area contributed by atoms with Gasteiger partial charge in [-0.1, -0.05) is 0 Å². The topological polar surface area (TPSA) is 58.4 Å². The third kappa shape index (κ3) is 1.17. The molecule has 78 valence electrons. The van der Waals surface area contributed by atoms with Crippen LogP contribution in [0.1, 0.15) is 12.8 Å². The van der Waals surface area contributed by atoms with E-state index in [0.717, 1.165) is 30.8 Å². The SMILES string of the molecule is Nc1ccc2c(c1)NC(=O)C1CCCN21. The lowest BCUT2D eigenvalue weighted by molar-refractivity contribution is -0.117. The van der Waals surface area contributed by atoms with Crippen molar-refractivity contribution in [3.05, 3.63) is 18.2 Å². The predicted molar refractivity (Wildman–Crippen MR) is 59.9 cm³/mol. The van der Waals surface area contributed by atoms with Crippen LogP contribution in [-0.2, 0) is 4.79 Å². The molecule has 1 atom stereocenters. The maximum absolute atomic E-state index is 11.8. The van der Waals surface area contributed by atoms with Crippen LogP contribution in [0.2, 0.25) is 0 Å². The Morgan fingerprint density at radius 1 is 1.47 bits per heavy atom. The normalized spacial score (nSPS) is 23.3. The van der Waals surface area contributed by atoms with E-state index in [1.165, 1.54) is 0 Å². The van der Waals surface area contributed by atoms with E-state index < -0.39 is 0 Å². The van der Waals surface area contributed by atoms with Gasteiger partial charge in [0.05, 0.1) is 11.4 Å². The summed E-state index contributed by atoms with van der Waals surface area (Å²) in [6.07, 6.45) is 2.04. The van der Waals surface area contributed by atoms with Crippen LogP contribution in [0.5, 0.6) is 0 Å². The molecule has 0 bridgehead atoms. The highest BCUT2D eigenvalue weighted by atomic mass is 16.2. The lowest BCUT2D eigenvalue weighted by Gasteiger charge is -2.33. The molecule has 2 aliphatic rings. The number of anilines is 3. The minimum atomic E-state index is 0.0288. The van der Waals surface area contributed by atoms with Gasteiger partial charge >= 0.3 is 0 Å². The molecule has 3 rings (SSSR count). The molecule has 0 saturated carbocycles. The summed E-state index contributed by atoms with van der Waals surface area (Å²) >= 11 is 0. The molecule has 15 heavy (non-hydrogen) atoms. The van der Waals surface area contributed by atoms with Gasteiger partial charge in [0.15, 0.2) is 0 Å². The van der Waals surface area contributed by atoms with Gasteiger partial charge in [0, 0.05) is 12.2 Å². The van der Waals surface area contributed by atoms with Gasteiger partial charge in [-0.05, 0) is 31.0 Å². The number of nitrogens with two attached hydrogens (primary N) is 1. The van der Waals surface area contributed by atoms with Crippen molar-refractivity contribution in [3.8, 4) is 0 Å². The smallest absolute Gasteiger partial charge is 0.247 e. The Morgan fingerprint density at radius 3 is 3.20 bits per heavy atom. The second-order valence-electron chi connectivity index (χ2n) is 4.12. The van der Waals surface area contributed by atoms with E-state index in [2.05, 4.69) is 10.2 Å². The molecule has 0 radical (unpaired) electrons. The van der Waals surface area contributed by atoms with Gasteiger partial charge in [-0.2, -0.15) is 0 Å². The highest BCUT2D eigenvalue weighted by Crippen LogP contribution is 2.37. The summed E-state index contributed by atoms with van der Waals surface area (Å²) in [5.74, 6) is 0.102. The summed E-state index contributed by atoms with van der Waals surface area (Å²) in [4.78, 5) is 13.9. The van der Waals surface area contributed by atoms with Crippen LogP contribution in [-0.4, -0.2) is 18.5 Å². The van der Waals surface area contributed by atoms with E-state index in [1.807, 2.05) is 18.2 Å². The number of fused-ring (bicyclic) bond motifs is 3. The largest absolute Gasteiger partial charge is 0.399 e. The minimum Gasteiger partial charge on any atom is -0.399 e. The summed E-state index contributed by atoms with van der Waals surface area (Å²) in [6, 6.07) is 5.72. The molecule has 4 nitrogen and oxygen atoms in total. The van der Waals surface area contributed by atoms with E-state index in [0.29, 0.717) is 5.69 Å². The zero-order chi connectivity index (χ0) is 10.4. The van der Waals surface area contributed by atoms with Crippen LogP contribution in [0.25, 0.3) is 0 Å². The number of carbonyl (C=O) groups excluding carboxylic acids is 1. The standard InChI is InChI=1S/C11H13N3O/c12-7-3-4-9-8(6-7)13-11(15)10-2-1-5-14(9)10/h3-4,6,10H,1-2,5,12H2,(H,13,15). The van der Waals surface area contributed by atoms with Crippen LogP contribution in [0.3, 0.4) is 0 Å². The fourth-order valence-corrected chi connectivity index (χ4v) is 2.45. The summed E-state index contributed by atoms with van der Waals surface area (Å²) < 4.78 is 0. The lowest BCUT2D eigenvalue weighted by Crippen LogP contribution is -2.43. The average molecular weight is 203 g/mol. The summed E-state index contributed by atoms with van der Waals surface area (Å²) in [5.41, 5.74) is 8.33. The Labute approximate surface area is 88.1 Å². The number of amides is 1. The first-order valence-corrected chi connectivity index (χ1v) is 5.23. The third-order valence-corrected chi connectivity index (χ3v) is 3.14. The number of nitrogens with zero attached hydrogens (tertiary/aromatic N) is 1. The number of nitrogens with one attached hydrogen (secondary N) is 1. The van der Waals surface area contributed by atoms with Crippen molar-refractivity contribution in [3.63, 3.8) is 0 Å². The van der Waals surface area contributed by atoms with Gasteiger partial charge in [-0.25, -0.2) is 0 Å². The first kappa shape index (κ1) is 8.59. The Morgan fingerprint density at radius 2 is 2.33 bits per heavy atom. The number of hydrogen-bond acceptors (Lipinski definition) is 3. The number of nitrogen functional groups attached to an aromatic ring is 1. The highest BCUT2D eigenvalue weighted by Gasteiger charge is 2.35. The average Bonchev–Trinajstić information content (AvgIpc) is 2.66. The van der Waals surface area contributed by atoms with Gasteiger partial charge < -0.3 is 16.0 Å². The van der Waals surface area contributed by atoms with Gasteiger partial charge in [0.2, 0.25) is 5.91 Å². The molecule has 1 aromatic carbocycles. The fraction of sp³-hybridized carbons (Fsp3) is 0.364. The Hall–Kier alpha value is -1.71. The van der Waals surface area contributed by atoms with E-state index in [-0.39, 0.29) is 11.9 Å². The van der Waals surface area contributed by atoms with E-state index >= 15 is 0 Å². The Kier molecular flexibility index (Phi) is 1.65. The summed E-state index contributed by atoms with van der Waals surface area (Å²) in [7, 11) is 0. The van der Waals surface area contributed by atoms with Crippen LogP contribution >= 0.6 is 0 Å². The number of hydrogen-bond donors (Lipinski definition) is 2. The molecule has 3 N–H and O–H groups in total. The zero-order valence-corrected chi connectivity index (χ0v) is 8.36. The van der Waals surface area contributed by atoms with Crippen LogP contribution in [0, 0.1) is 0 Å². The van der Waals surface area contributed by atoms with Crippen molar-refractivity contribution in [2.45, 2.75) is 18.9 Å². The second-order valence-corrected chi connectivity index (χ2v) is 4.12. The van der Waals surface area contributed by atoms with Crippen molar-refractivity contribution in [1.29, 1.82) is 0 Å². The number of carbonyl (C=O) groups is 1. The molecule has 1 fully saturated rings. The molecule has 2 heterocycles. The molecular formula is C11H13N3O. The van der Waals surface area contributed by atoms with Crippen molar-refractivity contribution in [2.75, 3.05) is 22.5 Å². The van der Waals surface area contributed by atoms with Gasteiger partial charge in [-0.15, -0.1) is 0 Å². The molecule has 1 saturated heterocycles. The third-order valence-electron chi connectivity index (χ3n) is 3.14. The summed E-state index contributed by atoms with van der Waals surface area (Å²) in [5, 5.41) is 2.91. The molecule has 1 aromatic rings. The van der Waals surface area contributed by atoms with E-state index in [1.54, 1.807) is 0 Å². The maximum atomic E-state index is 11.8. The summed E-state index contributed by atoms with van der Waals surface area (Å²) in [6.45, 7) is 0.967. The molecule has 2 aliphatic heterocycles. The van der Waals surface area contributed by atoms with Crippen molar-refractivity contribution >= 4 is 23.0 Å². The number of benzene rings is 1. The second kappa shape index (κ2) is 2.89. The number of rotatable bonds is 0. The minimum absolute atomic E-state index is 0.0288. The lowest BCUT2D eigenvalue weighted by atomic mass is 10.1. The van der Waals surface area contributed by atoms with Gasteiger partial charge in [-0.3, -0.25) is 4.79 Å². The first-order valence-electron chi connectivity index (χ1n) is 5.23. The van der Waals surface area contributed by atoms with Crippen molar-refractivity contribution in [1.82, 2.24) is 0 Å². The van der Waals surface area contributed by atoms with Crippen molar-refractivity contribution < 1.29 is 4.79 Å². The van der Waals surface area contributed by atoms with Crippen molar-refractivity contribution in [2.24, 2.45) is 0 Å². The van der Waals surface area contributed by atoms with Crippen LogP contribution in [0.15, 0.2) is 18.2 Å². The quantitative estimate of drug-likeness (QED) is 0.623. The Balaban J connectivity index is 2.11. The predicted octanol–water partition coefficient (Wildman–Crippen LogP) is 1.19. The molecule has 1 amide bonds. The maximum Gasteiger partial charge on any atom is 0.247 e. The molecular weight excluding hydrogens is 190 g/mol. The van der Waals surface area contributed by atoms with E-state index in [4.69, 9.17) is 5.73 Å². The highest BCUT2D eigenvalue weighted by molar-refractivity contribution is 6.04. The van der Waals surface area contributed by atoms with E-state index in [9.17, 15) is 4.79 Å². The molecule has 0 spiro atoms. The zero-order valence-electron chi connectivity index (χ0n) is 8.36. The molecule has 0 aliphatic carbocycles.